The number of hydrogen-bond acceptors (Lipinski definition) is 4. The summed E-state index contributed by atoms with van der Waals surface area (Å²) in [6, 6.07) is 6.58. The second-order valence-corrected chi connectivity index (χ2v) is 4.86. The quantitative estimate of drug-likeness (QED) is 0.871. The lowest BCUT2D eigenvalue weighted by atomic mass is 10.1. The number of carbonyl (C=O) groups is 1. The standard InChI is InChI=1S/C15H19N3O3/c1-10(12-8-16-18(2)9-12)17-15(20)14(19)11-5-4-6-13(7-11)21-3/h4-10,14,19H,1-3H3,(H,17,20). The van der Waals surface area contributed by atoms with Gasteiger partial charge in [-0.25, -0.2) is 0 Å². The van der Waals surface area contributed by atoms with Gasteiger partial charge >= 0.3 is 0 Å². The molecule has 1 aromatic carbocycles. The lowest BCUT2D eigenvalue weighted by Gasteiger charge is -2.16. The van der Waals surface area contributed by atoms with Crippen molar-refractivity contribution in [3.63, 3.8) is 0 Å². The number of amides is 1. The number of aromatic nitrogens is 2. The number of methoxy groups -OCH3 is 1. The Hall–Kier alpha value is -2.34. The van der Waals surface area contributed by atoms with E-state index in [0.29, 0.717) is 11.3 Å². The van der Waals surface area contributed by atoms with Crippen molar-refractivity contribution in [2.75, 3.05) is 7.11 Å². The van der Waals surface area contributed by atoms with Gasteiger partial charge in [-0.1, -0.05) is 12.1 Å². The van der Waals surface area contributed by atoms with E-state index in [-0.39, 0.29) is 6.04 Å². The van der Waals surface area contributed by atoms with E-state index in [4.69, 9.17) is 4.74 Å². The van der Waals surface area contributed by atoms with E-state index in [1.165, 1.54) is 7.11 Å². The second kappa shape index (κ2) is 6.41. The third kappa shape index (κ3) is 3.61. The highest BCUT2D eigenvalue weighted by atomic mass is 16.5. The predicted octanol–water partition coefficient (Wildman–Crippen LogP) is 1.34. The first-order chi connectivity index (χ1) is 10.0. The number of aryl methyl sites for hydroxylation is 1. The number of aliphatic hydroxyl groups excluding tert-OH is 1. The molecule has 0 radical (unpaired) electrons. The van der Waals surface area contributed by atoms with Crippen LogP contribution < -0.4 is 10.1 Å². The van der Waals surface area contributed by atoms with Gasteiger partial charge in [-0.15, -0.1) is 0 Å². The van der Waals surface area contributed by atoms with Gasteiger partial charge in [-0.05, 0) is 24.6 Å². The van der Waals surface area contributed by atoms with Gasteiger partial charge < -0.3 is 15.2 Å². The van der Waals surface area contributed by atoms with Crippen molar-refractivity contribution in [1.29, 1.82) is 0 Å². The molecule has 1 amide bonds. The molecule has 112 valence electrons. The average Bonchev–Trinajstić information content (AvgIpc) is 2.93. The van der Waals surface area contributed by atoms with E-state index in [0.717, 1.165) is 5.56 Å². The molecule has 0 spiro atoms. The molecule has 0 saturated carbocycles. The lowest BCUT2D eigenvalue weighted by Crippen LogP contribution is -2.31. The molecule has 1 heterocycles. The first-order valence-electron chi connectivity index (χ1n) is 6.62. The molecule has 1 aromatic heterocycles. The molecule has 6 heteroatoms. The average molecular weight is 289 g/mol. The summed E-state index contributed by atoms with van der Waals surface area (Å²) < 4.78 is 6.75. The molecule has 0 aliphatic rings. The highest BCUT2D eigenvalue weighted by Gasteiger charge is 2.20. The van der Waals surface area contributed by atoms with E-state index < -0.39 is 12.0 Å². The van der Waals surface area contributed by atoms with Crippen molar-refractivity contribution in [3.05, 3.63) is 47.8 Å². The largest absolute Gasteiger partial charge is 0.497 e. The van der Waals surface area contributed by atoms with Crippen LogP contribution in [0.4, 0.5) is 0 Å². The molecule has 0 aliphatic carbocycles. The zero-order valence-corrected chi connectivity index (χ0v) is 12.3. The van der Waals surface area contributed by atoms with E-state index in [2.05, 4.69) is 10.4 Å². The lowest BCUT2D eigenvalue weighted by molar-refractivity contribution is -0.130. The fourth-order valence-corrected chi connectivity index (χ4v) is 2.00. The third-order valence-electron chi connectivity index (χ3n) is 3.24. The van der Waals surface area contributed by atoms with Crippen LogP contribution in [0.5, 0.6) is 5.75 Å². The number of hydrogen-bond donors (Lipinski definition) is 2. The van der Waals surface area contributed by atoms with Crippen molar-refractivity contribution in [1.82, 2.24) is 15.1 Å². The number of aliphatic hydroxyl groups is 1. The molecule has 0 fully saturated rings. The van der Waals surface area contributed by atoms with Crippen LogP contribution >= 0.6 is 0 Å². The number of ether oxygens (including phenoxy) is 1. The summed E-state index contributed by atoms with van der Waals surface area (Å²) in [4.78, 5) is 12.1. The summed E-state index contributed by atoms with van der Waals surface area (Å²) in [7, 11) is 3.35. The Labute approximate surface area is 123 Å². The van der Waals surface area contributed by atoms with Crippen LogP contribution in [0, 0.1) is 0 Å². The van der Waals surface area contributed by atoms with Crippen LogP contribution in [0.15, 0.2) is 36.7 Å². The van der Waals surface area contributed by atoms with Crippen LogP contribution in [0.3, 0.4) is 0 Å². The summed E-state index contributed by atoms with van der Waals surface area (Å²) in [5, 5.41) is 16.9. The SMILES string of the molecule is COc1cccc(C(O)C(=O)NC(C)c2cnn(C)c2)c1. The predicted molar refractivity (Wildman–Crippen MR) is 77.7 cm³/mol. The Morgan fingerprint density at radius 1 is 1.43 bits per heavy atom. The van der Waals surface area contributed by atoms with Gasteiger partial charge in [0.25, 0.3) is 5.91 Å². The minimum atomic E-state index is -1.24. The molecular formula is C15H19N3O3. The number of carbonyl (C=O) groups excluding carboxylic acids is 1. The third-order valence-corrected chi connectivity index (χ3v) is 3.24. The maximum atomic E-state index is 12.1. The Balaban J connectivity index is 2.05. The summed E-state index contributed by atoms with van der Waals surface area (Å²) in [5.41, 5.74) is 1.37. The molecule has 0 aliphatic heterocycles. The minimum Gasteiger partial charge on any atom is -0.497 e. The fraction of sp³-hybridized carbons (Fsp3) is 0.333. The zero-order chi connectivity index (χ0) is 15.4. The van der Waals surface area contributed by atoms with Gasteiger partial charge in [-0.2, -0.15) is 5.10 Å². The fourth-order valence-electron chi connectivity index (χ4n) is 2.00. The molecule has 2 N–H and O–H groups in total. The maximum absolute atomic E-state index is 12.1. The number of nitrogens with one attached hydrogen (secondary N) is 1. The van der Waals surface area contributed by atoms with Gasteiger partial charge in [0.05, 0.1) is 19.3 Å². The van der Waals surface area contributed by atoms with E-state index in [1.54, 1.807) is 35.1 Å². The summed E-state index contributed by atoms with van der Waals surface area (Å²) in [6.45, 7) is 1.84. The van der Waals surface area contributed by atoms with Crippen LogP contribution in [-0.2, 0) is 11.8 Å². The zero-order valence-electron chi connectivity index (χ0n) is 12.3. The summed E-state index contributed by atoms with van der Waals surface area (Å²) in [6.07, 6.45) is 2.27. The van der Waals surface area contributed by atoms with Crippen molar-refractivity contribution in [2.45, 2.75) is 19.1 Å². The Bertz CT molecular complexity index is 624. The highest BCUT2D eigenvalue weighted by Crippen LogP contribution is 2.20. The van der Waals surface area contributed by atoms with Crippen molar-refractivity contribution >= 4 is 5.91 Å². The number of benzene rings is 1. The van der Waals surface area contributed by atoms with Gasteiger partial charge in [0.2, 0.25) is 0 Å². The van der Waals surface area contributed by atoms with Gasteiger partial charge in [0.15, 0.2) is 6.10 Å². The molecule has 2 rings (SSSR count). The van der Waals surface area contributed by atoms with E-state index >= 15 is 0 Å². The molecule has 2 unspecified atom stereocenters. The first kappa shape index (κ1) is 15.1. The minimum absolute atomic E-state index is 0.230. The van der Waals surface area contributed by atoms with E-state index in [1.807, 2.05) is 20.2 Å². The van der Waals surface area contributed by atoms with E-state index in [9.17, 15) is 9.90 Å². The topological polar surface area (TPSA) is 76.4 Å². The second-order valence-electron chi connectivity index (χ2n) is 4.86. The maximum Gasteiger partial charge on any atom is 0.253 e. The van der Waals surface area contributed by atoms with Crippen LogP contribution in [-0.4, -0.2) is 27.9 Å². The molecule has 0 saturated heterocycles. The summed E-state index contributed by atoms with van der Waals surface area (Å²) >= 11 is 0. The van der Waals surface area contributed by atoms with Gasteiger partial charge in [0, 0.05) is 18.8 Å². The Kier molecular flexibility index (Phi) is 4.59. The van der Waals surface area contributed by atoms with Crippen LogP contribution in [0.2, 0.25) is 0 Å². The monoisotopic (exact) mass is 289 g/mol. The Morgan fingerprint density at radius 2 is 2.19 bits per heavy atom. The Morgan fingerprint density at radius 3 is 2.81 bits per heavy atom. The normalized spacial score (nSPS) is 13.5. The molecule has 21 heavy (non-hydrogen) atoms. The summed E-state index contributed by atoms with van der Waals surface area (Å²) in [5.74, 6) is 0.138. The van der Waals surface area contributed by atoms with Gasteiger partial charge in [-0.3, -0.25) is 9.48 Å². The van der Waals surface area contributed by atoms with Gasteiger partial charge in [0.1, 0.15) is 5.75 Å². The van der Waals surface area contributed by atoms with Crippen molar-refractivity contribution in [2.24, 2.45) is 7.05 Å². The van der Waals surface area contributed by atoms with Crippen LogP contribution in [0.25, 0.3) is 0 Å². The van der Waals surface area contributed by atoms with Crippen LogP contribution in [0.1, 0.15) is 30.2 Å². The molecule has 0 bridgehead atoms. The molecule has 6 nitrogen and oxygen atoms in total. The molecule has 2 atom stereocenters. The number of nitrogens with zero attached hydrogens (tertiary/aromatic N) is 2. The molecule has 2 aromatic rings. The molecular weight excluding hydrogens is 270 g/mol. The first-order valence-corrected chi connectivity index (χ1v) is 6.62. The highest BCUT2D eigenvalue weighted by molar-refractivity contribution is 5.82. The smallest absolute Gasteiger partial charge is 0.253 e. The van der Waals surface area contributed by atoms with Crippen molar-refractivity contribution in [3.8, 4) is 5.75 Å². The number of rotatable bonds is 5. The van der Waals surface area contributed by atoms with Crippen molar-refractivity contribution < 1.29 is 14.6 Å².